The van der Waals surface area contributed by atoms with Gasteiger partial charge >= 0.3 is 11.9 Å². The molecule has 0 heterocycles. The number of rotatable bonds is 27. The lowest BCUT2D eigenvalue weighted by atomic mass is 9.74. The summed E-state index contributed by atoms with van der Waals surface area (Å²) in [6.07, 6.45) is 22.7. The van der Waals surface area contributed by atoms with Gasteiger partial charge in [0.05, 0.1) is 26.4 Å². The Bertz CT molecular complexity index is 1210. The lowest BCUT2D eigenvalue weighted by Crippen LogP contribution is -2.43. The van der Waals surface area contributed by atoms with Crippen molar-refractivity contribution in [2.75, 3.05) is 13.2 Å². The molecular formula is C46H70O8. The Balaban J connectivity index is 1.16. The van der Waals surface area contributed by atoms with Crippen LogP contribution >= 0.6 is 0 Å². The van der Waals surface area contributed by atoms with Crippen molar-refractivity contribution in [3.05, 3.63) is 59.7 Å². The van der Waals surface area contributed by atoms with Crippen LogP contribution in [0.5, 0.6) is 11.5 Å². The van der Waals surface area contributed by atoms with Gasteiger partial charge in [-0.25, -0.2) is 9.59 Å². The first-order valence-electron chi connectivity index (χ1n) is 21.5. The zero-order valence-electron chi connectivity index (χ0n) is 33.4. The molecule has 2 N–H and O–H groups in total. The SMILES string of the molecule is CCCCCC1CCCCC1CCCOc1ccc(CO[C@@H](C(=O)O)[C@@H](OCc2ccc(OCCCC3CCCCC3CCCCC)cc2)C(=O)O)cc1. The smallest absolute Gasteiger partial charge is 0.336 e. The minimum absolute atomic E-state index is 0.0716. The van der Waals surface area contributed by atoms with Gasteiger partial charge in [0.1, 0.15) is 11.5 Å². The number of hydrogen-bond donors (Lipinski definition) is 2. The van der Waals surface area contributed by atoms with Gasteiger partial charge in [-0.1, -0.05) is 141 Å². The van der Waals surface area contributed by atoms with Gasteiger partial charge in [-0.3, -0.25) is 0 Å². The summed E-state index contributed by atoms with van der Waals surface area (Å²) >= 11 is 0. The van der Waals surface area contributed by atoms with E-state index in [0.29, 0.717) is 13.2 Å². The molecule has 0 bridgehead atoms. The summed E-state index contributed by atoms with van der Waals surface area (Å²) in [7, 11) is 0. The number of carbonyl (C=O) groups is 2. The third-order valence-electron chi connectivity index (χ3n) is 11.9. The summed E-state index contributed by atoms with van der Waals surface area (Å²) in [5.41, 5.74) is 1.44. The van der Waals surface area contributed by atoms with E-state index in [-0.39, 0.29) is 13.2 Å². The molecule has 0 saturated heterocycles. The lowest BCUT2D eigenvalue weighted by Gasteiger charge is -2.31. The van der Waals surface area contributed by atoms with Gasteiger partial charge in [0, 0.05) is 0 Å². The summed E-state index contributed by atoms with van der Waals surface area (Å²) in [5, 5.41) is 19.8. The van der Waals surface area contributed by atoms with Crippen molar-refractivity contribution in [3.8, 4) is 11.5 Å². The van der Waals surface area contributed by atoms with Gasteiger partial charge in [-0.2, -0.15) is 0 Å². The van der Waals surface area contributed by atoms with Crippen LogP contribution in [0.25, 0.3) is 0 Å². The van der Waals surface area contributed by atoms with Crippen LogP contribution in [-0.4, -0.2) is 47.6 Å². The molecule has 0 spiro atoms. The second-order valence-corrected chi connectivity index (χ2v) is 16.0. The Morgan fingerprint density at radius 3 is 1.19 bits per heavy atom. The van der Waals surface area contributed by atoms with Gasteiger partial charge in [0.2, 0.25) is 0 Å². The Morgan fingerprint density at radius 1 is 0.537 bits per heavy atom. The van der Waals surface area contributed by atoms with Crippen LogP contribution in [0.4, 0.5) is 0 Å². The molecule has 0 aliphatic heterocycles. The summed E-state index contributed by atoms with van der Waals surface area (Å²) in [6, 6.07) is 14.7. The second kappa shape index (κ2) is 25.1. The van der Waals surface area contributed by atoms with Crippen molar-refractivity contribution in [3.63, 3.8) is 0 Å². The molecule has 2 aliphatic carbocycles. The first-order valence-corrected chi connectivity index (χ1v) is 21.5. The molecular weight excluding hydrogens is 680 g/mol. The molecule has 2 fully saturated rings. The van der Waals surface area contributed by atoms with Crippen molar-refractivity contribution >= 4 is 11.9 Å². The molecule has 6 atom stereocenters. The molecule has 0 amide bonds. The highest BCUT2D eigenvalue weighted by Gasteiger charge is 2.36. The van der Waals surface area contributed by atoms with E-state index in [2.05, 4.69) is 13.8 Å². The maximum absolute atomic E-state index is 12.1. The van der Waals surface area contributed by atoms with Gasteiger partial charge < -0.3 is 29.2 Å². The summed E-state index contributed by atoms with van der Waals surface area (Å²) in [6.45, 7) is 5.73. The highest BCUT2D eigenvalue weighted by Crippen LogP contribution is 2.37. The highest BCUT2D eigenvalue weighted by molar-refractivity contribution is 5.83. The molecule has 302 valence electrons. The van der Waals surface area contributed by atoms with Gasteiger partial charge in [0.25, 0.3) is 0 Å². The van der Waals surface area contributed by atoms with E-state index in [0.717, 1.165) is 59.1 Å². The average molecular weight is 751 g/mol. The Morgan fingerprint density at radius 2 is 0.870 bits per heavy atom. The first kappa shape index (κ1) is 43.6. The fourth-order valence-electron chi connectivity index (χ4n) is 8.79. The minimum Gasteiger partial charge on any atom is -0.494 e. The third-order valence-corrected chi connectivity index (χ3v) is 11.9. The number of aliphatic carboxylic acids is 2. The largest absolute Gasteiger partial charge is 0.494 e. The quantitative estimate of drug-likeness (QED) is 0.0868. The average Bonchev–Trinajstić information content (AvgIpc) is 3.18. The molecule has 54 heavy (non-hydrogen) atoms. The van der Waals surface area contributed by atoms with Crippen molar-refractivity contribution in [1.82, 2.24) is 0 Å². The molecule has 2 aromatic rings. The Kier molecular flexibility index (Phi) is 20.3. The zero-order chi connectivity index (χ0) is 38.4. The van der Waals surface area contributed by atoms with E-state index in [1.807, 2.05) is 48.5 Å². The molecule has 2 aromatic carbocycles. The zero-order valence-corrected chi connectivity index (χ0v) is 33.4. The van der Waals surface area contributed by atoms with Crippen LogP contribution in [0.15, 0.2) is 48.5 Å². The Hall–Kier alpha value is -3.10. The fraction of sp³-hybridized carbons (Fsp3) is 0.696. The van der Waals surface area contributed by atoms with Crippen LogP contribution in [0.3, 0.4) is 0 Å². The van der Waals surface area contributed by atoms with Crippen LogP contribution in [0.1, 0.15) is 153 Å². The number of ether oxygens (including phenoxy) is 4. The van der Waals surface area contributed by atoms with Gasteiger partial charge in [0.15, 0.2) is 12.2 Å². The van der Waals surface area contributed by atoms with E-state index in [9.17, 15) is 19.8 Å². The topological polar surface area (TPSA) is 112 Å². The lowest BCUT2D eigenvalue weighted by molar-refractivity contribution is -0.179. The number of unbranched alkanes of at least 4 members (excludes halogenated alkanes) is 4. The molecule has 2 saturated carbocycles. The minimum atomic E-state index is -1.68. The molecule has 8 nitrogen and oxygen atoms in total. The molecule has 0 radical (unpaired) electrons. The monoisotopic (exact) mass is 751 g/mol. The van der Waals surface area contributed by atoms with Crippen molar-refractivity contribution in [2.24, 2.45) is 23.7 Å². The van der Waals surface area contributed by atoms with E-state index >= 15 is 0 Å². The van der Waals surface area contributed by atoms with Crippen molar-refractivity contribution in [2.45, 2.75) is 168 Å². The maximum Gasteiger partial charge on any atom is 0.336 e. The van der Waals surface area contributed by atoms with Gasteiger partial charge in [-0.15, -0.1) is 0 Å². The predicted octanol–water partition coefficient (Wildman–Crippen LogP) is 11.4. The highest BCUT2D eigenvalue weighted by atomic mass is 16.6. The van der Waals surface area contributed by atoms with Crippen molar-refractivity contribution in [1.29, 1.82) is 0 Å². The molecule has 0 aromatic heterocycles. The second-order valence-electron chi connectivity index (χ2n) is 16.0. The number of hydrogen-bond acceptors (Lipinski definition) is 6. The molecule has 4 unspecified atom stereocenters. The molecule has 2 aliphatic rings. The van der Waals surface area contributed by atoms with E-state index < -0.39 is 24.1 Å². The predicted molar refractivity (Wildman–Crippen MR) is 214 cm³/mol. The van der Waals surface area contributed by atoms with Crippen molar-refractivity contribution < 1.29 is 38.7 Å². The Labute approximate surface area is 325 Å². The van der Waals surface area contributed by atoms with Crippen LogP contribution in [-0.2, 0) is 32.3 Å². The summed E-state index contributed by atoms with van der Waals surface area (Å²) in [5.74, 6) is 2.11. The first-order chi connectivity index (χ1) is 26.4. The normalized spacial score (nSPS) is 21.3. The number of carboxylic acids is 2. The van der Waals surface area contributed by atoms with E-state index in [1.54, 1.807) is 0 Å². The summed E-state index contributed by atoms with van der Waals surface area (Å²) < 4.78 is 23.3. The standard InChI is InChI=1S/C46H70O8/c1-3-5-7-15-37-17-9-11-19-39(37)21-13-31-51-41-27-23-35(24-28-41)33-53-43(45(47)48)44(46(49)50)54-34-36-25-29-42(30-26-36)52-32-14-22-40-20-12-10-18-38(40)16-8-6-4-2/h23-30,37-40,43-44H,3-22,31-34H2,1-2H3,(H,47,48)(H,49,50)/t37?,38?,39?,40?,43-,44-/m1/s1. The third kappa shape index (κ3) is 15.6. The van der Waals surface area contributed by atoms with Gasteiger partial charge in [-0.05, 0) is 84.7 Å². The summed E-state index contributed by atoms with van der Waals surface area (Å²) in [4.78, 5) is 24.2. The van der Waals surface area contributed by atoms with Crippen LogP contribution in [0, 0.1) is 23.7 Å². The number of benzene rings is 2. The molecule has 8 heteroatoms. The molecule has 4 rings (SSSR count). The maximum atomic E-state index is 12.1. The number of carboxylic acid groups (broad SMARTS) is 2. The van der Waals surface area contributed by atoms with Crippen LogP contribution < -0.4 is 9.47 Å². The fourth-order valence-corrected chi connectivity index (χ4v) is 8.79. The van der Waals surface area contributed by atoms with E-state index in [1.165, 1.54) is 116 Å². The van der Waals surface area contributed by atoms with Crippen LogP contribution in [0.2, 0.25) is 0 Å². The van der Waals surface area contributed by atoms with E-state index in [4.69, 9.17) is 18.9 Å².